The lowest BCUT2D eigenvalue weighted by Crippen LogP contribution is -2.30. The number of carbonyl (C=O) groups is 1. The maximum Gasteiger partial charge on any atom is 0.308 e. The van der Waals surface area contributed by atoms with E-state index in [1.165, 1.54) is 11.3 Å². The molecule has 1 aromatic carbocycles. The Morgan fingerprint density at radius 2 is 1.90 bits per heavy atom. The number of para-hydroxylation sites is 1. The van der Waals surface area contributed by atoms with E-state index >= 15 is 0 Å². The molecule has 21 heavy (non-hydrogen) atoms. The zero-order valence-electron chi connectivity index (χ0n) is 13.4. The van der Waals surface area contributed by atoms with Gasteiger partial charge in [-0.1, -0.05) is 32.0 Å². The first kappa shape index (κ1) is 15.9. The average Bonchev–Trinajstić information content (AvgIpc) is 2.48. The molecular formula is C18H27NO2. The summed E-state index contributed by atoms with van der Waals surface area (Å²) in [5.41, 5.74) is 2.61. The number of benzene rings is 1. The normalized spacial score (nSPS) is 22.1. The third-order valence-electron chi connectivity index (χ3n) is 4.29. The molecule has 1 aliphatic carbocycles. The molecule has 0 saturated heterocycles. The number of hydrogen-bond acceptors (Lipinski definition) is 3. The number of ether oxygens (including phenoxy) is 1. The molecule has 1 N–H and O–H groups in total. The van der Waals surface area contributed by atoms with Crippen LogP contribution in [0.1, 0.15) is 57.9 Å². The fourth-order valence-corrected chi connectivity index (χ4v) is 3.09. The lowest BCUT2D eigenvalue weighted by Gasteiger charge is -2.29. The van der Waals surface area contributed by atoms with Crippen molar-refractivity contribution in [3.05, 3.63) is 29.8 Å². The van der Waals surface area contributed by atoms with Gasteiger partial charge in [0.2, 0.25) is 0 Å². The molecule has 0 heterocycles. The second kappa shape index (κ2) is 7.48. The van der Waals surface area contributed by atoms with Crippen LogP contribution in [0, 0.1) is 5.92 Å². The monoisotopic (exact) mass is 289 g/mol. The Hall–Kier alpha value is -1.51. The highest BCUT2D eigenvalue weighted by molar-refractivity contribution is 5.72. The summed E-state index contributed by atoms with van der Waals surface area (Å²) in [5.74, 6) is 0.603. The van der Waals surface area contributed by atoms with Gasteiger partial charge in [-0.3, -0.25) is 4.79 Å². The van der Waals surface area contributed by atoms with E-state index in [0.29, 0.717) is 18.6 Å². The minimum Gasteiger partial charge on any atom is -0.466 e. The summed E-state index contributed by atoms with van der Waals surface area (Å²) < 4.78 is 5.13. The van der Waals surface area contributed by atoms with Crippen molar-refractivity contribution >= 4 is 11.7 Å². The number of nitrogens with one attached hydrogen (secondary N) is 1. The van der Waals surface area contributed by atoms with E-state index in [0.717, 1.165) is 25.7 Å². The fraction of sp³-hybridized carbons (Fsp3) is 0.611. The molecule has 0 radical (unpaired) electrons. The van der Waals surface area contributed by atoms with Gasteiger partial charge < -0.3 is 10.1 Å². The van der Waals surface area contributed by atoms with Crippen molar-refractivity contribution in [1.82, 2.24) is 0 Å². The summed E-state index contributed by atoms with van der Waals surface area (Å²) in [6.07, 6.45) is 3.94. The fourth-order valence-electron chi connectivity index (χ4n) is 3.09. The van der Waals surface area contributed by atoms with Crippen LogP contribution < -0.4 is 5.32 Å². The molecule has 116 valence electrons. The number of esters is 1. The minimum absolute atomic E-state index is 0.0152. The number of carbonyl (C=O) groups excluding carboxylic acids is 1. The molecule has 1 saturated carbocycles. The average molecular weight is 289 g/mol. The number of rotatable bonds is 5. The summed E-state index contributed by atoms with van der Waals surface area (Å²) in [7, 11) is 0. The van der Waals surface area contributed by atoms with Crippen LogP contribution in [-0.2, 0) is 9.53 Å². The first-order chi connectivity index (χ1) is 10.1. The lowest BCUT2D eigenvalue weighted by molar-refractivity contribution is -0.149. The molecule has 0 aromatic heterocycles. The van der Waals surface area contributed by atoms with E-state index in [9.17, 15) is 4.79 Å². The van der Waals surface area contributed by atoms with Gasteiger partial charge in [0, 0.05) is 11.7 Å². The highest BCUT2D eigenvalue weighted by Crippen LogP contribution is 2.30. The van der Waals surface area contributed by atoms with Crippen LogP contribution in [-0.4, -0.2) is 18.6 Å². The molecule has 1 fully saturated rings. The summed E-state index contributed by atoms with van der Waals surface area (Å²) in [6, 6.07) is 9.00. The van der Waals surface area contributed by atoms with Crippen LogP contribution in [0.25, 0.3) is 0 Å². The second-order valence-corrected chi connectivity index (χ2v) is 6.19. The van der Waals surface area contributed by atoms with Crippen molar-refractivity contribution in [3.8, 4) is 0 Å². The van der Waals surface area contributed by atoms with Crippen LogP contribution in [0.4, 0.5) is 5.69 Å². The van der Waals surface area contributed by atoms with Gasteiger partial charge in [-0.05, 0) is 50.2 Å². The summed E-state index contributed by atoms with van der Waals surface area (Å²) in [5, 5.41) is 3.67. The molecule has 3 nitrogen and oxygen atoms in total. The van der Waals surface area contributed by atoms with Gasteiger partial charge in [0.25, 0.3) is 0 Å². The quantitative estimate of drug-likeness (QED) is 0.819. The highest BCUT2D eigenvalue weighted by atomic mass is 16.5. The summed E-state index contributed by atoms with van der Waals surface area (Å²) in [4.78, 5) is 11.8. The highest BCUT2D eigenvalue weighted by Gasteiger charge is 2.27. The van der Waals surface area contributed by atoms with Crippen LogP contribution >= 0.6 is 0 Å². The van der Waals surface area contributed by atoms with Crippen molar-refractivity contribution < 1.29 is 9.53 Å². The van der Waals surface area contributed by atoms with Crippen molar-refractivity contribution in [2.45, 2.75) is 58.4 Å². The maximum atomic E-state index is 11.8. The van der Waals surface area contributed by atoms with Gasteiger partial charge in [-0.25, -0.2) is 0 Å². The smallest absolute Gasteiger partial charge is 0.308 e. The molecule has 0 spiro atoms. The first-order valence-electron chi connectivity index (χ1n) is 8.14. The van der Waals surface area contributed by atoms with Crippen molar-refractivity contribution in [2.75, 3.05) is 11.9 Å². The van der Waals surface area contributed by atoms with Crippen LogP contribution in [0.2, 0.25) is 0 Å². The molecule has 0 unspecified atom stereocenters. The van der Waals surface area contributed by atoms with E-state index in [2.05, 4.69) is 43.4 Å². The maximum absolute atomic E-state index is 11.8. The van der Waals surface area contributed by atoms with E-state index in [1.54, 1.807) is 0 Å². The van der Waals surface area contributed by atoms with Crippen molar-refractivity contribution in [1.29, 1.82) is 0 Å². The van der Waals surface area contributed by atoms with Crippen molar-refractivity contribution in [2.24, 2.45) is 5.92 Å². The predicted molar refractivity (Wildman–Crippen MR) is 86.5 cm³/mol. The zero-order valence-corrected chi connectivity index (χ0v) is 13.4. The predicted octanol–water partition coefficient (Wildman–Crippen LogP) is 4.34. The van der Waals surface area contributed by atoms with Gasteiger partial charge in [-0.15, -0.1) is 0 Å². The molecule has 0 aliphatic heterocycles. The molecule has 0 amide bonds. The Bertz CT molecular complexity index is 462. The largest absolute Gasteiger partial charge is 0.466 e. The Morgan fingerprint density at radius 1 is 1.24 bits per heavy atom. The summed E-state index contributed by atoms with van der Waals surface area (Å²) in [6.45, 7) is 6.79. The molecule has 1 aromatic rings. The van der Waals surface area contributed by atoms with Crippen LogP contribution in [0.15, 0.2) is 24.3 Å². The third kappa shape index (κ3) is 4.23. The van der Waals surface area contributed by atoms with E-state index < -0.39 is 0 Å². The van der Waals surface area contributed by atoms with Crippen LogP contribution in [0.3, 0.4) is 0 Å². The zero-order chi connectivity index (χ0) is 15.2. The standard InChI is InChI=1S/C18H27NO2/c1-4-21-18(20)14-9-11-15(12-10-14)19-17-8-6-5-7-16(17)13(2)3/h5-8,13-15,19H,4,9-12H2,1-3H3/t14-,15-. The summed E-state index contributed by atoms with van der Waals surface area (Å²) >= 11 is 0. The Kier molecular flexibility index (Phi) is 5.66. The Morgan fingerprint density at radius 3 is 2.52 bits per heavy atom. The number of anilines is 1. The van der Waals surface area contributed by atoms with Crippen molar-refractivity contribution in [3.63, 3.8) is 0 Å². The van der Waals surface area contributed by atoms with Gasteiger partial charge >= 0.3 is 5.97 Å². The molecule has 0 bridgehead atoms. The first-order valence-corrected chi connectivity index (χ1v) is 8.14. The Balaban J connectivity index is 1.91. The third-order valence-corrected chi connectivity index (χ3v) is 4.29. The van der Waals surface area contributed by atoms with Gasteiger partial charge in [0.15, 0.2) is 0 Å². The molecule has 3 heteroatoms. The van der Waals surface area contributed by atoms with E-state index in [4.69, 9.17) is 4.74 Å². The molecule has 1 aliphatic rings. The lowest BCUT2D eigenvalue weighted by atomic mass is 9.85. The van der Waals surface area contributed by atoms with Crippen LogP contribution in [0.5, 0.6) is 0 Å². The van der Waals surface area contributed by atoms with Gasteiger partial charge in [0.05, 0.1) is 12.5 Å². The second-order valence-electron chi connectivity index (χ2n) is 6.19. The molecule has 0 atom stereocenters. The minimum atomic E-state index is -0.0152. The number of hydrogen-bond donors (Lipinski definition) is 1. The van der Waals surface area contributed by atoms with E-state index in [-0.39, 0.29) is 11.9 Å². The SMILES string of the molecule is CCOC(=O)[C@H]1CC[C@H](Nc2ccccc2C(C)C)CC1. The molecule has 2 rings (SSSR count). The Labute approximate surface area is 128 Å². The van der Waals surface area contributed by atoms with Gasteiger partial charge in [-0.2, -0.15) is 0 Å². The molecular weight excluding hydrogens is 262 g/mol. The van der Waals surface area contributed by atoms with Gasteiger partial charge in [0.1, 0.15) is 0 Å². The van der Waals surface area contributed by atoms with E-state index in [1.807, 2.05) is 6.92 Å². The topological polar surface area (TPSA) is 38.3 Å².